The van der Waals surface area contributed by atoms with Crippen LogP contribution in [0.5, 0.6) is 11.5 Å². The molecule has 2 N–H and O–H groups in total. The van der Waals surface area contributed by atoms with Gasteiger partial charge >= 0.3 is 6.61 Å². The molecule has 0 radical (unpaired) electrons. The number of guanidine groups is 1. The highest BCUT2D eigenvalue weighted by Gasteiger charge is 2.15. The van der Waals surface area contributed by atoms with E-state index in [0.29, 0.717) is 23.8 Å². The Morgan fingerprint density at radius 1 is 1.36 bits per heavy atom. The van der Waals surface area contributed by atoms with Crippen molar-refractivity contribution in [2.75, 3.05) is 40.3 Å². The number of piperidine rings is 1. The first kappa shape index (κ1) is 22.2. The number of hydrogen-bond acceptors (Lipinski definition) is 4. The molecule has 1 aliphatic rings. The smallest absolute Gasteiger partial charge is 0.387 e. The van der Waals surface area contributed by atoms with Crippen molar-refractivity contribution in [2.24, 2.45) is 10.9 Å². The van der Waals surface area contributed by atoms with Crippen molar-refractivity contribution in [3.8, 4) is 11.5 Å². The molecule has 1 aromatic carbocycles. The van der Waals surface area contributed by atoms with Crippen LogP contribution in [0.25, 0.3) is 0 Å². The zero-order valence-electron chi connectivity index (χ0n) is 17.0. The first-order valence-corrected chi connectivity index (χ1v) is 9.80. The molecule has 0 spiro atoms. The van der Waals surface area contributed by atoms with Gasteiger partial charge < -0.3 is 25.0 Å². The molecule has 2 rings (SSSR count). The largest absolute Gasteiger partial charge is 0.497 e. The average molecular weight is 398 g/mol. The van der Waals surface area contributed by atoms with E-state index in [4.69, 9.17) is 4.74 Å². The maximum absolute atomic E-state index is 12.6. The zero-order valence-corrected chi connectivity index (χ0v) is 17.0. The summed E-state index contributed by atoms with van der Waals surface area (Å²) in [5.74, 6) is 2.11. The fourth-order valence-electron chi connectivity index (χ4n) is 3.43. The van der Waals surface area contributed by atoms with E-state index in [1.165, 1.54) is 39.1 Å². The van der Waals surface area contributed by atoms with Crippen LogP contribution in [0.2, 0.25) is 0 Å². The highest BCUT2D eigenvalue weighted by Crippen LogP contribution is 2.25. The Labute approximate surface area is 166 Å². The third kappa shape index (κ3) is 7.50. The summed E-state index contributed by atoms with van der Waals surface area (Å²) in [6.45, 7) is 3.95. The lowest BCUT2D eigenvalue weighted by Crippen LogP contribution is -2.39. The second kappa shape index (κ2) is 11.7. The van der Waals surface area contributed by atoms with Crippen LogP contribution in [-0.2, 0) is 6.54 Å². The Balaban J connectivity index is 1.79. The lowest BCUT2D eigenvalue weighted by atomic mass is 10.0. The molecular formula is C20H32F2N4O2. The van der Waals surface area contributed by atoms with Gasteiger partial charge in [-0.05, 0) is 56.5 Å². The van der Waals surface area contributed by atoms with Crippen LogP contribution in [0.3, 0.4) is 0 Å². The maximum Gasteiger partial charge on any atom is 0.387 e. The standard InChI is InChI=1S/C20H32F2N4O2/c1-15-6-4-10-26(14-15)11-5-9-24-20(23-2)25-13-16-12-17(27-3)7-8-18(16)28-19(21)22/h7-8,12,15,19H,4-6,9-11,13-14H2,1-3H3,(H2,23,24,25). The van der Waals surface area contributed by atoms with Crippen LogP contribution in [0.15, 0.2) is 23.2 Å². The van der Waals surface area contributed by atoms with Crippen LogP contribution in [0.4, 0.5) is 8.78 Å². The Morgan fingerprint density at radius 3 is 2.86 bits per heavy atom. The molecule has 1 atom stereocenters. The van der Waals surface area contributed by atoms with E-state index in [2.05, 4.69) is 32.2 Å². The van der Waals surface area contributed by atoms with Crippen molar-refractivity contribution in [3.05, 3.63) is 23.8 Å². The molecule has 1 aliphatic heterocycles. The fraction of sp³-hybridized carbons (Fsp3) is 0.650. The van der Waals surface area contributed by atoms with E-state index in [1.54, 1.807) is 19.2 Å². The van der Waals surface area contributed by atoms with Crippen molar-refractivity contribution < 1.29 is 18.3 Å². The van der Waals surface area contributed by atoms with E-state index in [9.17, 15) is 8.78 Å². The molecule has 0 amide bonds. The number of alkyl halides is 2. The minimum Gasteiger partial charge on any atom is -0.497 e. The lowest BCUT2D eigenvalue weighted by molar-refractivity contribution is -0.0504. The summed E-state index contributed by atoms with van der Waals surface area (Å²) >= 11 is 0. The van der Waals surface area contributed by atoms with Gasteiger partial charge in [-0.15, -0.1) is 0 Å². The van der Waals surface area contributed by atoms with Crippen molar-refractivity contribution in [3.63, 3.8) is 0 Å². The fourth-order valence-corrected chi connectivity index (χ4v) is 3.43. The molecule has 1 heterocycles. The van der Waals surface area contributed by atoms with Crippen LogP contribution in [0, 0.1) is 5.92 Å². The summed E-state index contributed by atoms with van der Waals surface area (Å²) < 4.78 is 35.0. The first-order valence-electron chi connectivity index (χ1n) is 9.80. The number of aliphatic imine (C=N–C) groups is 1. The van der Waals surface area contributed by atoms with Gasteiger partial charge in [-0.3, -0.25) is 4.99 Å². The number of halogens is 2. The molecular weight excluding hydrogens is 366 g/mol. The number of ether oxygens (including phenoxy) is 2. The summed E-state index contributed by atoms with van der Waals surface area (Å²) in [4.78, 5) is 6.70. The summed E-state index contributed by atoms with van der Waals surface area (Å²) in [5.41, 5.74) is 0.574. The van der Waals surface area contributed by atoms with Gasteiger partial charge in [0.15, 0.2) is 5.96 Å². The Morgan fingerprint density at radius 2 is 2.18 bits per heavy atom. The van der Waals surface area contributed by atoms with Gasteiger partial charge in [-0.25, -0.2) is 0 Å². The molecule has 1 saturated heterocycles. The highest BCUT2D eigenvalue weighted by molar-refractivity contribution is 5.79. The van der Waals surface area contributed by atoms with Gasteiger partial charge in [0.2, 0.25) is 0 Å². The minimum absolute atomic E-state index is 0.123. The normalized spacial score (nSPS) is 18.2. The lowest BCUT2D eigenvalue weighted by Gasteiger charge is -2.30. The number of rotatable bonds is 9. The van der Waals surface area contributed by atoms with Crippen LogP contribution in [-0.4, -0.2) is 57.8 Å². The molecule has 0 aromatic heterocycles. The first-order chi connectivity index (χ1) is 13.5. The van der Waals surface area contributed by atoms with Crippen molar-refractivity contribution >= 4 is 5.96 Å². The molecule has 158 valence electrons. The van der Waals surface area contributed by atoms with E-state index >= 15 is 0 Å². The maximum atomic E-state index is 12.6. The third-order valence-electron chi connectivity index (χ3n) is 4.84. The summed E-state index contributed by atoms with van der Waals surface area (Å²) in [5, 5.41) is 6.41. The molecule has 0 bridgehead atoms. The van der Waals surface area contributed by atoms with Gasteiger partial charge in [0.05, 0.1) is 7.11 Å². The molecule has 8 heteroatoms. The minimum atomic E-state index is -2.87. The second-order valence-electron chi connectivity index (χ2n) is 7.11. The number of nitrogens with zero attached hydrogens (tertiary/aromatic N) is 2. The number of methoxy groups -OCH3 is 1. The topological polar surface area (TPSA) is 58.1 Å². The van der Waals surface area contributed by atoms with Crippen LogP contribution >= 0.6 is 0 Å². The number of likely N-dealkylation sites (tertiary alicyclic amines) is 1. The number of nitrogens with one attached hydrogen (secondary N) is 2. The van der Waals surface area contributed by atoms with Gasteiger partial charge in [-0.2, -0.15) is 8.78 Å². The molecule has 1 aromatic rings. The Bertz CT molecular complexity index is 628. The molecule has 1 fully saturated rings. The monoisotopic (exact) mass is 398 g/mol. The van der Waals surface area contributed by atoms with Gasteiger partial charge in [0.1, 0.15) is 11.5 Å². The van der Waals surface area contributed by atoms with E-state index in [0.717, 1.165) is 25.4 Å². The highest BCUT2D eigenvalue weighted by atomic mass is 19.3. The zero-order chi connectivity index (χ0) is 20.4. The third-order valence-corrected chi connectivity index (χ3v) is 4.84. The summed E-state index contributed by atoms with van der Waals surface area (Å²) in [6.07, 6.45) is 3.63. The molecule has 1 unspecified atom stereocenters. The van der Waals surface area contributed by atoms with Crippen molar-refractivity contribution in [2.45, 2.75) is 39.3 Å². The predicted octanol–water partition coefficient (Wildman–Crippen LogP) is 3.08. The van der Waals surface area contributed by atoms with Crippen molar-refractivity contribution in [1.82, 2.24) is 15.5 Å². The van der Waals surface area contributed by atoms with Gasteiger partial charge in [-0.1, -0.05) is 6.92 Å². The molecule has 6 nitrogen and oxygen atoms in total. The SMILES string of the molecule is CN=C(NCCCN1CCCC(C)C1)NCc1cc(OC)ccc1OC(F)F. The van der Waals surface area contributed by atoms with E-state index < -0.39 is 6.61 Å². The molecule has 28 heavy (non-hydrogen) atoms. The van der Waals surface area contributed by atoms with Crippen LogP contribution < -0.4 is 20.1 Å². The quantitative estimate of drug-likeness (QED) is 0.380. The number of benzene rings is 1. The summed E-state index contributed by atoms with van der Waals surface area (Å²) in [7, 11) is 3.22. The molecule has 0 saturated carbocycles. The van der Waals surface area contributed by atoms with Crippen molar-refractivity contribution in [1.29, 1.82) is 0 Å². The number of hydrogen-bond donors (Lipinski definition) is 2. The van der Waals surface area contributed by atoms with Gasteiger partial charge in [0.25, 0.3) is 0 Å². The van der Waals surface area contributed by atoms with E-state index in [-0.39, 0.29) is 5.75 Å². The Kier molecular flexibility index (Phi) is 9.27. The summed E-state index contributed by atoms with van der Waals surface area (Å²) in [6, 6.07) is 4.75. The predicted molar refractivity (Wildman–Crippen MR) is 107 cm³/mol. The Hall–Kier alpha value is -2.09. The molecule has 0 aliphatic carbocycles. The van der Waals surface area contributed by atoms with E-state index in [1.807, 2.05) is 0 Å². The van der Waals surface area contributed by atoms with Gasteiger partial charge in [0, 0.05) is 32.2 Å². The second-order valence-corrected chi connectivity index (χ2v) is 7.11. The average Bonchev–Trinajstić information content (AvgIpc) is 2.68. The van der Waals surface area contributed by atoms with Crippen LogP contribution in [0.1, 0.15) is 31.7 Å².